The van der Waals surface area contributed by atoms with E-state index in [2.05, 4.69) is 81.4 Å². The van der Waals surface area contributed by atoms with Gasteiger partial charge in [0.15, 0.2) is 0 Å². The topological polar surface area (TPSA) is 0 Å². The van der Waals surface area contributed by atoms with Gasteiger partial charge in [-0.05, 0) is 0 Å². The summed E-state index contributed by atoms with van der Waals surface area (Å²) in [5.41, 5.74) is 0. The Morgan fingerprint density at radius 2 is 1.50 bits per heavy atom. The Bertz CT molecular complexity index is 70.2. The van der Waals surface area contributed by atoms with Gasteiger partial charge in [0.2, 0.25) is 0 Å². The van der Waals surface area contributed by atoms with Gasteiger partial charge in [-0.1, -0.05) is 0 Å². The van der Waals surface area contributed by atoms with Crippen LogP contribution in [0.5, 0.6) is 0 Å². The van der Waals surface area contributed by atoms with Crippen LogP contribution in [0.3, 0.4) is 0 Å². The van der Waals surface area contributed by atoms with Gasteiger partial charge in [0.1, 0.15) is 0 Å². The molecule has 0 N–H and O–H groups in total. The molecule has 5 heteroatoms. The first kappa shape index (κ1) is 11.6. The van der Waals surface area contributed by atoms with Crippen molar-refractivity contribution in [1.29, 1.82) is 0 Å². The van der Waals surface area contributed by atoms with E-state index in [0.29, 0.717) is 0 Å². The molecule has 0 bridgehead atoms. The number of alkyl halides is 1. The second-order valence-electron chi connectivity index (χ2n) is 1.42. The van der Waals surface area contributed by atoms with Crippen LogP contribution in [0, 0.1) is 0 Å². The SMILES string of the molecule is CCCI(I)(I)(I)I. The van der Waals surface area contributed by atoms with E-state index in [-0.39, 0.29) is 0 Å². The Kier molecular flexibility index (Phi) is 5.90. The van der Waals surface area contributed by atoms with Gasteiger partial charge in [-0.25, -0.2) is 0 Å². The van der Waals surface area contributed by atoms with Gasteiger partial charge in [0, 0.05) is 0 Å². The summed E-state index contributed by atoms with van der Waals surface area (Å²) in [5.74, 6) is 0. The van der Waals surface area contributed by atoms with Gasteiger partial charge >= 0.3 is 93.4 Å². The standard InChI is InChI=1S/C3H7I5/c1-2-3-8(4,5,6)7/h2-3H2,1H3. The first-order chi connectivity index (χ1) is 3.31. The van der Waals surface area contributed by atoms with Crippen molar-refractivity contribution in [2.24, 2.45) is 0 Å². The molecule has 0 nitrogen and oxygen atoms in total. The van der Waals surface area contributed by atoms with Crippen molar-refractivity contribution in [2.75, 3.05) is 4.43 Å². The number of halogens is 5. The zero-order valence-corrected chi connectivity index (χ0v) is 15.1. The van der Waals surface area contributed by atoms with E-state index < -0.39 is 1.15 Å². The third-order valence-electron chi connectivity index (χ3n) is 0.475. The molecule has 0 rings (SSSR count). The first-order valence-corrected chi connectivity index (χ1v) is 28.7. The molecule has 0 fully saturated rings. The summed E-state index contributed by atoms with van der Waals surface area (Å²) < 4.78 is -0.321. The molecule has 0 atom stereocenters. The molecular weight excluding hydrogens is 671 g/mol. The summed E-state index contributed by atoms with van der Waals surface area (Å²) >= 11 is 10.6. The number of rotatable bonds is 2. The zero-order valence-electron chi connectivity index (χ0n) is 4.30. The Morgan fingerprint density at radius 3 is 1.50 bits per heavy atom. The third kappa shape index (κ3) is 9.65. The van der Waals surface area contributed by atoms with Gasteiger partial charge in [-0.15, -0.1) is 0 Å². The van der Waals surface area contributed by atoms with Crippen LogP contribution >= 0.6 is 75.6 Å². The van der Waals surface area contributed by atoms with E-state index in [1.807, 2.05) is 0 Å². The van der Waals surface area contributed by atoms with Gasteiger partial charge in [0.05, 0.1) is 0 Å². The molecule has 0 aromatic heterocycles. The Labute approximate surface area is 90.4 Å². The van der Waals surface area contributed by atoms with Crippen molar-refractivity contribution in [2.45, 2.75) is 13.3 Å². The first-order valence-electron chi connectivity index (χ1n) is 2.05. The molecule has 0 radical (unpaired) electrons. The third-order valence-corrected chi connectivity index (χ3v) is 14.1. The maximum absolute atomic E-state index is 2.66. The van der Waals surface area contributed by atoms with Crippen LogP contribution in [0.4, 0.5) is 0 Å². The molecule has 0 amide bonds. The molecule has 0 aliphatic carbocycles. The van der Waals surface area contributed by atoms with E-state index in [0.717, 1.165) is 0 Å². The molecule has 0 saturated carbocycles. The molecule has 0 aromatic rings. The Balaban J connectivity index is 3.73. The van der Waals surface area contributed by atoms with Crippen molar-refractivity contribution < 1.29 is 0 Å². The molecule has 0 saturated heterocycles. The minimum atomic E-state index is -1.76. The van der Waals surface area contributed by atoms with E-state index in [1.165, 1.54) is 10.8 Å². The molecule has 8 heavy (non-hydrogen) atoms. The normalized spacial score (nSPS) is 17.4. The van der Waals surface area contributed by atoms with Crippen molar-refractivity contribution in [1.82, 2.24) is 0 Å². The van der Waals surface area contributed by atoms with Crippen LogP contribution in [0.25, 0.3) is 0 Å². The van der Waals surface area contributed by atoms with Crippen LogP contribution in [0.2, 0.25) is 0 Å². The predicted octanol–water partition coefficient (Wildman–Crippen LogP) is 5.37. The zero-order chi connectivity index (χ0) is 6.86. The van der Waals surface area contributed by atoms with Crippen LogP contribution in [0.15, 0.2) is 0 Å². The summed E-state index contributed by atoms with van der Waals surface area (Å²) in [7, 11) is 0. The summed E-state index contributed by atoms with van der Waals surface area (Å²) in [4.78, 5) is 0. The fourth-order valence-corrected chi connectivity index (χ4v) is 12.9. The van der Waals surface area contributed by atoms with Crippen molar-refractivity contribution in [3.05, 3.63) is 0 Å². The number of hydrogen-bond acceptors (Lipinski definition) is 0. The monoisotopic (exact) mass is 678 g/mol. The van der Waals surface area contributed by atoms with Gasteiger partial charge in [0.25, 0.3) is 0 Å². The van der Waals surface area contributed by atoms with E-state index in [4.69, 9.17) is 0 Å². The van der Waals surface area contributed by atoms with Crippen molar-refractivity contribution >= 4 is 75.6 Å². The molecule has 0 spiro atoms. The minimum absolute atomic E-state index is 1.34. The molecule has 0 aromatic carbocycles. The van der Waals surface area contributed by atoms with E-state index in [9.17, 15) is 0 Å². The van der Waals surface area contributed by atoms with Gasteiger partial charge in [-0.3, -0.25) is 0 Å². The van der Waals surface area contributed by atoms with Gasteiger partial charge < -0.3 is 0 Å². The predicted molar refractivity (Wildman–Crippen MR) is 85.3 cm³/mol. The quantitative estimate of drug-likeness (QED) is 0.273. The molecule has 54 valence electrons. The van der Waals surface area contributed by atoms with Crippen LogP contribution < -0.4 is 0 Å². The fourth-order valence-electron chi connectivity index (χ4n) is 0.286. The molecular formula is C3H7I5. The van der Waals surface area contributed by atoms with Gasteiger partial charge in [-0.2, -0.15) is 0 Å². The van der Waals surface area contributed by atoms with Crippen LogP contribution in [-0.2, 0) is 0 Å². The molecule has 0 unspecified atom stereocenters. The maximum atomic E-state index is 2.66. The average molecular weight is 678 g/mol. The van der Waals surface area contributed by atoms with E-state index >= 15 is 0 Å². The van der Waals surface area contributed by atoms with E-state index in [1.54, 1.807) is 0 Å². The second kappa shape index (κ2) is 4.05. The molecule has 0 heterocycles. The van der Waals surface area contributed by atoms with Crippen molar-refractivity contribution in [3.8, 4) is 0 Å². The fraction of sp³-hybridized carbons (Fsp3) is 1.00. The molecule has 0 aliphatic heterocycles. The van der Waals surface area contributed by atoms with Crippen LogP contribution in [0.1, 0.15) is 13.3 Å². The summed E-state index contributed by atoms with van der Waals surface area (Å²) in [6, 6.07) is 0. The Hall–Kier alpha value is 3.65. The molecule has 0 aliphatic rings. The summed E-state index contributed by atoms with van der Waals surface area (Å²) in [5, 5.41) is 0. The van der Waals surface area contributed by atoms with Crippen molar-refractivity contribution in [3.63, 3.8) is 0 Å². The van der Waals surface area contributed by atoms with Crippen LogP contribution in [-0.4, -0.2) is 4.43 Å². The Morgan fingerprint density at radius 1 is 1.12 bits per heavy atom. The average Bonchev–Trinajstić information content (AvgIpc) is 1.25. The second-order valence-corrected chi connectivity index (χ2v) is 118. The number of hydrogen-bond donors (Lipinski definition) is 0. The summed E-state index contributed by atoms with van der Waals surface area (Å²) in [6.45, 7) is 2.26. The summed E-state index contributed by atoms with van der Waals surface area (Å²) in [6.07, 6.45) is 1.34.